The first-order valence-corrected chi connectivity index (χ1v) is 53.4. The Labute approximate surface area is 571 Å². The average Bonchev–Trinajstić information content (AvgIpc) is 0.768. The molecule has 0 rings (SSSR count). The predicted molar refractivity (Wildman–Crippen MR) is 381 cm³/mol. The first kappa shape index (κ1) is 93.3. The zero-order chi connectivity index (χ0) is 69.9. The van der Waals surface area contributed by atoms with E-state index in [2.05, 4.69) is 6.11 Å². The molecule has 0 spiro atoms. The maximum atomic E-state index is 7.85. The van der Waals surface area contributed by atoms with E-state index in [1.807, 2.05) is 62.3 Å². The molecule has 0 heterocycles. The van der Waals surface area contributed by atoms with Gasteiger partial charge >= 0.3 is 88.5 Å². The first-order valence-electron chi connectivity index (χ1n) is 34.3. The van der Waals surface area contributed by atoms with Crippen LogP contribution in [-0.2, 0) is 90.8 Å². The molecule has 31 nitrogen and oxygen atoms in total. The molecule has 0 saturated carbocycles. The van der Waals surface area contributed by atoms with E-state index in [0.717, 1.165) is 0 Å². The summed E-state index contributed by atoms with van der Waals surface area (Å²) in [5.74, 6) is 0. The quantitative estimate of drug-likeness (QED) is 0.0181. The minimum absolute atomic E-state index is 0.0741. The van der Waals surface area contributed by atoms with Crippen LogP contribution in [0, 0.1) is 12.5 Å². The summed E-state index contributed by atoms with van der Waals surface area (Å²) in [6.45, 7) is 22.6. The minimum atomic E-state index is -4.48. The molecule has 556 valence electrons. The normalized spacial score (nSPS) is 18.4. The van der Waals surface area contributed by atoms with Gasteiger partial charge in [0.25, 0.3) is 0 Å². The van der Waals surface area contributed by atoms with Gasteiger partial charge in [-0.05, 0) is 205 Å². The first-order chi connectivity index (χ1) is 44.8. The lowest BCUT2D eigenvalue weighted by molar-refractivity contribution is -0.188. The molecule has 0 bridgehead atoms. The Balaban J connectivity index is 9.54. The van der Waals surface area contributed by atoms with Crippen LogP contribution in [0.3, 0.4) is 0 Å². The molecule has 0 aliphatic rings. The number of terminal acetylenes is 1. The molecule has 0 radical (unpaired) electrons. The molecule has 0 aromatic rings. The third-order valence-corrected chi connectivity index (χ3v) is 53.0. The fraction of sp³-hybridized carbons (Fsp3) is 0.962. The van der Waals surface area contributed by atoms with Gasteiger partial charge in [0.1, 0.15) is 0 Å². The van der Waals surface area contributed by atoms with Crippen molar-refractivity contribution >= 4 is 88.5 Å². The van der Waals surface area contributed by atoms with Crippen molar-refractivity contribution in [3.63, 3.8) is 0 Å². The van der Waals surface area contributed by atoms with Crippen LogP contribution in [-0.4, -0.2) is 220 Å². The maximum absolute atomic E-state index is 7.85. The van der Waals surface area contributed by atoms with Crippen LogP contribution in [0.1, 0.15) is 133 Å². The highest BCUT2D eigenvalue weighted by Gasteiger charge is 2.68. The van der Waals surface area contributed by atoms with E-state index in [1.54, 1.807) is 6.92 Å². The fourth-order valence-corrected chi connectivity index (χ4v) is 55.5. The Morgan fingerprint density at radius 3 is 0.677 bits per heavy atom. The van der Waals surface area contributed by atoms with E-state index in [-0.39, 0.29) is 160 Å². The van der Waals surface area contributed by atoms with E-state index >= 15 is 0 Å². The van der Waals surface area contributed by atoms with Crippen molar-refractivity contribution in [1.82, 2.24) is 0 Å². The molecule has 0 amide bonds. The minimum Gasteiger partial charge on any atom is -0.397 e. The standard InChI is InChI=1S/C52H132N10O21Si10/c1-12-63-74-85(65-14-3,44-24-34-54)76-87(67-16-5,46-26-36-56)78-89(69-18-7,48-28-38-58)80-91(71-20-9,50-30-40-60)82-93(73-22-11,52-32-42-62)83-92(72-21-10,51-31-41-61)81-90(70-19-8,49-29-39-59)79-88(68-17-6,47-27-37-57)77-86(66-15-4,45-25-35-55)75-84(64-13-2)43-23-33-53/h1,84H,13-62H2,2-11H3. The van der Waals surface area contributed by atoms with Gasteiger partial charge in [-0.15, -0.1) is 0 Å². The van der Waals surface area contributed by atoms with Gasteiger partial charge in [0.15, 0.2) is 6.11 Å². The van der Waals surface area contributed by atoms with Gasteiger partial charge in [0, 0.05) is 120 Å². The molecule has 41 heteroatoms. The van der Waals surface area contributed by atoms with Crippen molar-refractivity contribution < 1.29 is 90.8 Å². The molecule has 10 unspecified atom stereocenters. The number of hydrogen-bond acceptors (Lipinski definition) is 31. The van der Waals surface area contributed by atoms with Crippen LogP contribution in [0.4, 0.5) is 0 Å². The molecule has 93 heavy (non-hydrogen) atoms. The van der Waals surface area contributed by atoms with Gasteiger partial charge in [-0.25, -0.2) is 0 Å². The SMILES string of the molecule is C#COO[Si](CCCN)(OCC)O[Si](CCCN)(OCC)O[Si](CCCN)(OCC)O[Si](CCCN)(OCC)O[Si](CCCN)(OCC)O[Si](CCCN)(OCC)O[Si](CCCN)(OCC)O[Si](CCCN)(OCC)O[Si](CCCN)(OCC)O[SiH](CCCN)OCC. The summed E-state index contributed by atoms with van der Waals surface area (Å²) in [5, 5.41) is 0. The Kier molecular flexibility index (Phi) is 54.3. The topological polar surface area (TPSA) is 454 Å². The monoisotopic (exact) mass is 1510 g/mol. The summed E-state index contributed by atoms with van der Waals surface area (Å²) in [4.78, 5) is 5.22. The van der Waals surface area contributed by atoms with Gasteiger partial charge < -0.3 is 139 Å². The molecule has 10 atom stereocenters. The van der Waals surface area contributed by atoms with Gasteiger partial charge in [0.05, 0.1) is 0 Å². The van der Waals surface area contributed by atoms with E-state index in [0.29, 0.717) is 96.0 Å². The molecule has 0 fully saturated rings. The van der Waals surface area contributed by atoms with Crippen LogP contribution in [0.25, 0.3) is 0 Å². The Hall–Kier alpha value is 0.329. The van der Waals surface area contributed by atoms with Crippen molar-refractivity contribution in [2.75, 3.05) is 132 Å². The highest BCUT2D eigenvalue weighted by atomic mass is 28.6. The summed E-state index contributed by atoms with van der Waals surface area (Å²) in [7, 11) is -41.1. The van der Waals surface area contributed by atoms with E-state index in [9.17, 15) is 0 Å². The Morgan fingerprint density at radius 2 is 0.462 bits per heavy atom. The van der Waals surface area contributed by atoms with E-state index < -0.39 is 88.5 Å². The van der Waals surface area contributed by atoms with Gasteiger partial charge in [0.2, 0.25) is 0 Å². The molecule has 0 aromatic heterocycles. The molecule has 0 aliphatic carbocycles. The Bertz CT molecular complexity index is 1870. The van der Waals surface area contributed by atoms with E-state index in [4.69, 9.17) is 155 Å². The van der Waals surface area contributed by atoms with Crippen molar-refractivity contribution in [2.45, 2.75) is 194 Å². The predicted octanol–water partition coefficient (Wildman–Crippen LogP) is 3.20. The highest BCUT2D eigenvalue weighted by molar-refractivity contribution is 6.89. The van der Waals surface area contributed by atoms with Crippen LogP contribution >= 0.6 is 0 Å². The van der Waals surface area contributed by atoms with Crippen molar-refractivity contribution in [3.8, 4) is 12.5 Å². The Morgan fingerprint density at radius 1 is 0.269 bits per heavy atom. The van der Waals surface area contributed by atoms with Crippen molar-refractivity contribution in [1.29, 1.82) is 0 Å². The van der Waals surface area contributed by atoms with Gasteiger partial charge in [-0.1, -0.05) is 6.42 Å². The summed E-state index contributed by atoms with van der Waals surface area (Å²) in [6.07, 6.45) is 11.8. The second-order valence-electron chi connectivity index (χ2n) is 21.1. The largest absolute Gasteiger partial charge is 0.537 e. The van der Waals surface area contributed by atoms with Gasteiger partial charge in [-0.2, -0.15) is 4.58 Å². The van der Waals surface area contributed by atoms with Crippen LogP contribution in [0.5, 0.6) is 0 Å². The number of hydrogen-bond donors (Lipinski definition) is 10. The third-order valence-electron chi connectivity index (χ3n) is 13.5. The molecule has 20 N–H and O–H groups in total. The molecule has 0 saturated heterocycles. The second kappa shape index (κ2) is 54.1. The summed E-state index contributed by atoms with van der Waals surface area (Å²) in [5.41, 5.74) is 63.5. The zero-order valence-corrected chi connectivity index (χ0v) is 68.9. The van der Waals surface area contributed by atoms with Gasteiger partial charge in [-0.3, -0.25) is 4.89 Å². The van der Waals surface area contributed by atoms with E-state index in [1.165, 1.54) is 0 Å². The zero-order valence-electron chi connectivity index (χ0n) is 58.8. The lowest BCUT2D eigenvalue weighted by Crippen LogP contribution is -2.71. The summed E-state index contributed by atoms with van der Waals surface area (Å²) < 4.78 is 143. The van der Waals surface area contributed by atoms with Crippen molar-refractivity contribution in [2.24, 2.45) is 57.3 Å². The fourth-order valence-electron chi connectivity index (χ4n) is 9.96. The number of nitrogens with two attached hydrogens (primary N) is 10. The highest BCUT2D eigenvalue weighted by Crippen LogP contribution is 2.42. The van der Waals surface area contributed by atoms with Crippen molar-refractivity contribution in [3.05, 3.63) is 0 Å². The number of rotatable bonds is 70. The van der Waals surface area contributed by atoms with Crippen LogP contribution < -0.4 is 57.3 Å². The molecular weight excluding hydrogens is 1380 g/mol. The molecule has 0 aliphatic heterocycles. The lowest BCUT2D eigenvalue weighted by Gasteiger charge is -2.48. The molecular formula is C52H132N10O21Si10. The average molecular weight is 1510 g/mol. The second-order valence-corrected chi connectivity index (χ2v) is 49.9. The summed E-state index contributed by atoms with van der Waals surface area (Å²) >= 11 is 0. The third kappa shape index (κ3) is 35.2. The maximum Gasteiger partial charge on any atom is 0.537 e. The lowest BCUT2D eigenvalue weighted by atomic mass is 10.5. The summed E-state index contributed by atoms with van der Waals surface area (Å²) in [6, 6.07) is 2.10. The van der Waals surface area contributed by atoms with Crippen LogP contribution in [0.15, 0.2) is 0 Å². The van der Waals surface area contributed by atoms with Crippen LogP contribution in [0.2, 0.25) is 60.4 Å². The molecule has 0 aromatic carbocycles. The smallest absolute Gasteiger partial charge is 0.397 e.